The standard InChI is InChI=1S/C36H45FN8O3/c1-5-36(46)41-29-17-30(40-34-19-35(39-22-38-34)45-31(9-12-48-45)24-13-23(3)14-25(37)15-24)33(47-4)18-32(29)42-10-7-26(8-11-42)43-20-27-16-28(21-43)44(27)6-2/h5,13-15,17-19,22,26-28,31H,1,6-12,16,20-21H2,2-4H3,(H,41,46)(H,38,39,40)/t27?,28?,31-/m1/s1. The highest BCUT2D eigenvalue weighted by Gasteiger charge is 2.45. The minimum absolute atomic E-state index is 0.188. The first-order valence-electron chi connectivity index (χ1n) is 17.0. The van der Waals surface area contributed by atoms with Crippen LogP contribution in [0.25, 0.3) is 0 Å². The van der Waals surface area contributed by atoms with Crippen LogP contribution in [0.15, 0.2) is 55.4 Å². The summed E-state index contributed by atoms with van der Waals surface area (Å²) in [4.78, 5) is 35.2. The normalized spacial score (nSPS) is 23.1. The van der Waals surface area contributed by atoms with E-state index in [2.05, 4.69) is 48.8 Å². The monoisotopic (exact) mass is 656 g/mol. The number of piperazine rings is 1. The molecule has 0 radical (unpaired) electrons. The van der Waals surface area contributed by atoms with Crippen LogP contribution in [-0.2, 0) is 9.63 Å². The van der Waals surface area contributed by atoms with Gasteiger partial charge in [-0.1, -0.05) is 19.6 Å². The van der Waals surface area contributed by atoms with E-state index in [1.54, 1.807) is 24.3 Å². The molecule has 1 amide bonds. The van der Waals surface area contributed by atoms with E-state index in [0.29, 0.717) is 59.9 Å². The van der Waals surface area contributed by atoms with Crippen LogP contribution in [0.5, 0.6) is 5.75 Å². The Bertz CT molecular complexity index is 1630. The first-order valence-corrected chi connectivity index (χ1v) is 17.0. The molecule has 5 saturated heterocycles. The number of likely N-dealkylation sites (N-methyl/N-ethyl adjacent to an activating group) is 1. The predicted molar refractivity (Wildman–Crippen MR) is 185 cm³/mol. The number of anilines is 5. The summed E-state index contributed by atoms with van der Waals surface area (Å²) in [5.41, 5.74) is 3.89. The number of benzene rings is 2. The summed E-state index contributed by atoms with van der Waals surface area (Å²) in [7, 11) is 1.63. The van der Waals surface area contributed by atoms with Crippen molar-refractivity contribution < 1.29 is 18.8 Å². The predicted octanol–water partition coefficient (Wildman–Crippen LogP) is 5.43. The lowest BCUT2D eigenvalue weighted by Crippen LogP contribution is -2.70. The molecular formula is C36H45FN8O3. The maximum absolute atomic E-state index is 14.3. The van der Waals surface area contributed by atoms with Gasteiger partial charge in [0.05, 0.1) is 36.8 Å². The highest BCUT2D eigenvalue weighted by molar-refractivity contribution is 6.02. The Labute approximate surface area is 281 Å². The number of nitrogens with zero attached hydrogens (tertiary/aromatic N) is 6. The molecule has 1 aromatic heterocycles. The van der Waals surface area contributed by atoms with E-state index in [1.165, 1.54) is 38.0 Å². The molecule has 5 aliphatic rings. The third-order valence-corrected chi connectivity index (χ3v) is 10.3. The van der Waals surface area contributed by atoms with Crippen molar-refractivity contribution in [2.45, 2.75) is 63.7 Å². The minimum Gasteiger partial charge on any atom is -0.494 e. The number of halogens is 1. The second kappa shape index (κ2) is 13.7. The van der Waals surface area contributed by atoms with Gasteiger partial charge in [-0.3, -0.25) is 19.4 Å². The van der Waals surface area contributed by atoms with Gasteiger partial charge >= 0.3 is 0 Å². The molecule has 3 atom stereocenters. The Kier molecular flexibility index (Phi) is 9.21. The molecule has 0 saturated carbocycles. The van der Waals surface area contributed by atoms with E-state index in [9.17, 15) is 9.18 Å². The van der Waals surface area contributed by atoms with E-state index in [0.717, 1.165) is 49.3 Å². The fourth-order valence-electron chi connectivity index (χ4n) is 8.02. The van der Waals surface area contributed by atoms with Gasteiger partial charge in [-0.05, 0) is 68.1 Å². The van der Waals surface area contributed by atoms with Gasteiger partial charge in [0, 0.05) is 62.9 Å². The summed E-state index contributed by atoms with van der Waals surface area (Å²) >= 11 is 0. The van der Waals surface area contributed by atoms with Crippen LogP contribution in [0.2, 0.25) is 0 Å². The zero-order valence-corrected chi connectivity index (χ0v) is 28.0. The molecule has 5 aliphatic heterocycles. The number of amides is 1. The summed E-state index contributed by atoms with van der Waals surface area (Å²) in [5.74, 6) is 1.11. The maximum atomic E-state index is 14.3. The summed E-state index contributed by atoms with van der Waals surface area (Å²) < 4.78 is 20.1. The lowest BCUT2D eigenvalue weighted by molar-refractivity contribution is -0.111. The van der Waals surface area contributed by atoms with E-state index >= 15 is 0 Å². The van der Waals surface area contributed by atoms with Crippen LogP contribution >= 0.6 is 0 Å². The highest BCUT2D eigenvalue weighted by atomic mass is 19.1. The SMILES string of the molecule is C=CC(=O)Nc1cc(Nc2cc(N3OCC[C@@H]3c3cc(C)cc(F)c3)ncn2)c(OC)cc1N1CCC(N2CC3CC(C2)N3CC)CC1. The number of aryl methyl sites for hydroxylation is 1. The van der Waals surface area contributed by atoms with Gasteiger partial charge in [0.1, 0.15) is 23.7 Å². The molecule has 12 heteroatoms. The van der Waals surface area contributed by atoms with Crippen molar-refractivity contribution in [3.8, 4) is 5.75 Å². The number of hydroxylamine groups is 1. The number of piperidine rings is 2. The van der Waals surface area contributed by atoms with Crippen LogP contribution in [0.1, 0.15) is 49.8 Å². The summed E-state index contributed by atoms with van der Waals surface area (Å²) in [6.07, 6.45) is 6.92. The Morgan fingerprint density at radius 3 is 2.56 bits per heavy atom. The second-order valence-corrected chi connectivity index (χ2v) is 13.2. The summed E-state index contributed by atoms with van der Waals surface area (Å²) in [5, 5.41) is 8.10. The number of carbonyl (C=O) groups is 1. The zero-order chi connectivity index (χ0) is 33.4. The maximum Gasteiger partial charge on any atom is 0.247 e. The first-order chi connectivity index (χ1) is 23.3. The van der Waals surface area contributed by atoms with Crippen LogP contribution in [0.3, 0.4) is 0 Å². The fraction of sp³-hybridized carbons (Fsp3) is 0.472. The van der Waals surface area contributed by atoms with Crippen LogP contribution < -0.4 is 25.3 Å². The third kappa shape index (κ3) is 6.44. The van der Waals surface area contributed by atoms with Crippen molar-refractivity contribution in [2.75, 3.05) is 67.0 Å². The Balaban J connectivity index is 1.10. The molecule has 6 heterocycles. The van der Waals surface area contributed by atoms with Crippen molar-refractivity contribution in [1.82, 2.24) is 19.8 Å². The third-order valence-electron chi connectivity index (χ3n) is 10.3. The quantitative estimate of drug-likeness (QED) is 0.275. The lowest BCUT2D eigenvalue weighted by Gasteiger charge is -2.58. The molecular weight excluding hydrogens is 611 g/mol. The Morgan fingerprint density at radius 1 is 1.06 bits per heavy atom. The average Bonchev–Trinajstić information content (AvgIpc) is 3.59. The number of rotatable bonds is 10. The molecule has 2 aromatic carbocycles. The lowest BCUT2D eigenvalue weighted by atomic mass is 9.85. The molecule has 254 valence electrons. The van der Waals surface area contributed by atoms with E-state index < -0.39 is 0 Å². The van der Waals surface area contributed by atoms with Crippen LogP contribution in [0, 0.1) is 12.7 Å². The number of ether oxygens (including phenoxy) is 1. The molecule has 2 unspecified atom stereocenters. The molecule has 5 fully saturated rings. The number of fused-ring (bicyclic) bond motifs is 2. The van der Waals surface area contributed by atoms with Gasteiger partial charge < -0.3 is 20.3 Å². The van der Waals surface area contributed by atoms with Crippen LogP contribution in [0.4, 0.5) is 33.1 Å². The van der Waals surface area contributed by atoms with Crippen molar-refractivity contribution >= 4 is 34.6 Å². The van der Waals surface area contributed by atoms with E-state index in [1.807, 2.05) is 25.1 Å². The average molecular weight is 657 g/mol. The Hall–Kier alpha value is -4.26. The zero-order valence-electron chi connectivity index (χ0n) is 28.0. The first kappa shape index (κ1) is 32.3. The van der Waals surface area contributed by atoms with Crippen molar-refractivity contribution in [3.05, 3.63) is 72.3 Å². The highest BCUT2D eigenvalue weighted by Crippen LogP contribution is 2.41. The fourth-order valence-corrected chi connectivity index (χ4v) is 8.02. The number of aromatic nitrogens is 2. The van der Waals surface area contributed by atoms with Gasteiger partial charge in [0.2, 0.25) is 5.91 Å². The van der Waals surface area contributed by atoms with Gasteiger partial charge in [-0.2, -0.15) is 0 Å². The number of hydrogen-bond acceptors (Lipinski definition) is 10. The number of hydrogen-bond donors (Lipinski definition) is 2. The number of methoxy groups -OCH3 is 1. The summed E-state index contributed by atoms with van der Waals surface area (Å²) in [6, 6.07) is 12.5. The molecule has 0 aliphatic carbocycles. The molecule has 11 nitrogen and oxygen atoms in total. The van der Waals surface area contributed by atoms with E-state index in [-0.39, 0.29) is 17.8 Å². The molecule has 48 heavy (non-hydrogen) atoms. The topological polar surface area (TPSA) is 98.3 Å². The Morgan fingerprint density at radius 2 is 1.85 bits per heavy atom. The van der Waals surface area contributed by atoms with Crippen molar-refractivity contribution in [3.63, 3.8) is 0 Å². The van der Waals surface area contributed by atoms with Crippen LogP contribution in [-0.4, -0.2) is 90.2 Å². The van der Waals surface area contributed by atoms with Crippen molar-refractivity contribution in [1.29, 1.82) is 0 Å². The van der Waals surface area contributed by atoms with E-state index in [4.69, 9.17) is 9.57 Å². The smallest absolute Gasteiger partial charge is 0.247 e. The number of carbonyl (C=O) groups excluding carboxylic acids is 1. The molecule has 2 N–H and O–H groups in total. The second-order valence-electron chi connectivity index (χ2n) is 13.2. The van der Waals surface area contributed by atoms with Gasteiger partial charge in [0.15, 0.2) is 5.82 Å². The molecule has 0 spiro atoms. The minimum atomic E-state index is -0.288. The van der Waals surface area contributed by atoms with Crippen molar-refractivity contribution in [2.24, 2.45) is 0 Å². The van der Waals surface area contributed by atoms with Gasteiger partial charge in [-0.15, -0.1) is 0 Å². The largest absolute Gasteiger partial charge is 0.494 e. The number of nitrogens with one attached hydrogen (secondary N) is 2. The van der Waals surface area contributed by atoms with Gasteiger partial charge in [-0.25, -0.2) is 19.4 Å². The molecule has 3 aromatic rings. The molecule has 2 bridgehead atoms. The molecule has 8 rings (SSSR count). The summed E-state index contributed by atoms with van der Waals surface area (Å²) in [6.45, 7) is 13.6. The van der Waals surface area contributed by atoms with Gasteiger partial charge in [0.25, 0.3) is 0 Å².